The first-order valence-electron chi connectivity index (χ1n) is 9.57. The van der Waals surface area contributed by atoms with Crippen LogP contribution in [0.4, 0.5) is 0 Å². The summed E-state index contributed by atoms with van der Waals surface area (Å²) in [4.78, 5) is 12.1. The molecule has 0 saturated carbocycles. The summed E-state index contributed by atoms with van der Waals surface area (Å²) in [5, 5.41) is 0. The van der Waals surface area contributed by atoms with Gasteiger partial charge in [0.1, 0.15) is 0 Å². The highest BCUT2D eigenvalue weighted by atomic mass is 15.4. The van der Waals surface area contributed by atoms with Crippen molar-refractivity contribution < 1.29 is 0 Å². The smallest absolute Gasteiger partial charge is 0.0974 e. The van der Waals surface area contributed by atoms with E-state index in [-0.39, 0.29) is 0 Å². The van der Waals surface area contributed by atoms with Gasteiger partial charge < -0.3 is 24.5 Å². The van der Waals surface area contributed by atoms with E-state index >= 15 is 0 Å². The molecule has 0 aromatic carbocycles. The van der Waals surface area contributed by atoms with E-state index in [0.29, 0.717) is 12.3 Å². The SMILES string of the molecule is CCCN(CCCN1C=CN(C)C1C)CCCN1C=CN(C)C1C. The van der Waals surface area contributed by atoms with Gasteiger partial charge in [-0.1, -0.05) is 6.92 Å². The third-order valence-electron chi connectivity index (χ3n) is 5.45. The number of nitrogens with zero attached hydrogens (tertiary/aromatic N) is 5. The van der Waals surface area contributed by atoms with Crippen LogP contribution in [0.3, 0.4) is 0 Å². The Labute approximate surface area is 149 Å². The van der Waals surface area contributed by atoms with Gasteiger partial charge in [-0.3, -0.25) is 0 Å². The molecule has 2 rings (SSSR count). The molecule has 0 spiro atoms. The molecule has 2 atom stereocenters. The Bertz CT molecular complexity index is 386. The summed E-state index contributed by atoms with van der Waals surface area (Å²) in [5.74, 6) is 0. The van der Waals surface area contributed by atoms with Gasteiger partial charge in [0.05, 0.1) is 12.3 Å². The fourth-order valence-corrected chi connectivity index (χ4v) is 3.48. The predicted octanol–water partition coefficient (Wildman–Crippen LogP) is 2.61. The summed E-state index contributed by atoms with van der Waals surface area (Å²) in [6.07, 6.45) is 13.5. The molecule has 0 amide bonds. The fourth-order valence-electron chi connectivity index (χ4n) is 3.48. The molecule has 2 aliphatic rings. The molecule has 0 radical (unpaired) electrons. The minimum atomic E-state index is 0.505. The van der Waals surface area contributed by atoms with Crippen LogP contribution in [0.2, 0.25) is 0 Å². The van der Waals surface area contributed by atoms with Crippen molar-refractivity contribution in [3.05, 3.63) is 24.8 Å². The summed E-state index contributed by atoms with van der Waals surface area (Å²) in [6, 6.07) is 0. The summed E-state index contributed by atoms with van der Waals surface area (Å²) in [7, 11) is 4.30. The predicted molar refractivity (Wildman–Crippen MR) is 102 cm³/mol. The van der Waals surface area contributed by atoms with Crippen molar-refractivity contribution in [1.82, 2.24) is 24.5 Å². The van der Waals surface area contributed by atoms with Crippen molar-refractivity contribution in [1.29, 1.82) is 0 Å². The molecule has 5 heteroatoms. The molecule has 5 nitrogen and oxygen atoms in total. The Balaban J connectivity index is 1.64. The van der Waals surface area contributed by atoms with Crippen LogP contribution < -0.4 is 0 Å². The van der Waals surface area contributed by atoms with Crippen LogP contribution in [0.15, 0.2) is 24.8 Å². The topological polar surface area (TPSA) is 16.2 Å². The molecular weight excluding hydrogens is 298 g/mol. The van der Waals surface area contributed by atoms with E-state index in [4.69, 9.17) is 0 Å². The van der Waals surface area contributed by atoms with Crippen LogP contribution in [0.25, 0.3) is 0 Å². The monoisotopic (exact) mass is 335 g/mol. The molecule has 2 heterocycles. The molecule has 0 aliphatic carbocycles. The van der Waals surface area contributed by atoms with Gasteiger partial charge in [0.2, 0.25) is 0 Å². The van der Waals surface area contributed by atoms with Crippen molar-refractivity contribution in [2.75, 3.05) is 46.8 Å². The van der Waals surface area contributed by atoms with Gasteiger partial charge in [-0.05, 0) is 52.7 Å². The van der Waals surface area contributed by atoms with Crippen molar-refractivity contribution >= 4 is 0 Å². The average Bonchev–Trinajstić information content (AvgIpc) is 3.05. The Hall–Kier alpha value is -1.36. The number of rotatable bonds is 10. The summed E-state index contributed by atoms with van der Waals surface area (Å²) >= 11 is 0. The quantitative estimate of drug-likeness (QED) is 0.608. The molecule has 2 unspecified atom stereocenters. The van der Waals surface area contributed by atoms with Crippen LogP contribution >= 0.6 is 0 Å². The zero-order valence-electron chi connectivity index (χ0n) is 16.4. The van der Waals surface area contributed by atoms with E-state index in [9.17, 15) is 0 Å². The molecule has 2 aliphatic heterocycles. The highest BCUT2D eigenvalue weighted by molar-refractivity contribution is 4.94. The van der Waals surface area contributed by atoms with E-state index in [0.717, 1.165) is 13.1 Å². The standard InChI is InChI=1S/C19H37N5/c1-6-9-22(10-7-12-23-16-14-20(4)18(23)2)11-8-13-24-17-15-21(5)19(24)3/h14-19H,6-13H2,1-5H3. The molecule has 0 saturated heterocycles. The lowest BCUT2D eigenvalue weighted by Gasteiger charge is -2.30. The van der Waals surface area contributed by atoms with Crippen molar-refractivity contribution in [3.63, 3.8) is 0 Å². The number of hydrogen-bond acceptors (Lipinski definition) is 5. The van der Waals surface area contributed by atoms with Crippen molar-refractivity contribution in [3.8, 4) is 0 Å². The zero-order chi connectivity index (χ0) is 17.5. The van der Waals surface area contributed by atoms with Gasteiger partial charge in [-0.2, -0.15) is 0 Å². The maximum atomic E-state index is 2.64. The maximum absolute atomic E-state index is 2.64. The van der Waals surface area contributed by atoms with Gasteiger partial charge in [0.15, 0.2) is 0 Å². The fraction of sp³-hybridized carbons (Fsp3) is 0.789. The van der Waals surface area contributed by atoms with Gasteiger partial charge in [-0.15, -0.1) is 0 Å². The van der Waals surface area contributed by atoms with Gasteiger partial charge >= 0.3 is 0 Å². The molecule has 0 aromatic heterocycles. The largest absolute Gasteiger partial charge is 0.359 e. The van der Waals surface area contributed by atoms with E-state index in [2.05, 4.69) is 84.2 Å². The summed E-state index contributed by atoms with van der Waals surface area (Å²) in [6.45, 7) is 12.8. The van der Waals surface area contributed by atoms with E-state index in [1.807, 2.05) is 0 Å². The first-order valence-corrected chi connectivity index (χ1v) is 9.57. The first kappa shape index (κ1) is 19.0. The molecule has 138 valence electrons. The van der Waals surface area contributed by atoms with Gasteiger partial charge in [0.25, 0.3) is 0 Å². The molecular formula is C19H37N5. The zero-order valence-corrected chi connectivity index (χ0v) is 16.4. The van der Waals surface area contributed by atoms with Crippen molar-refractivity contribution in [2.24, 2.45) is 0 Å². The lowest BCUT2D eigenvalue weighted by Crippen LogP contribution is -2.37. The normalized spacial score (nSPS) is 23.4. The lowest BCUT2D eigenvalue weighted by atomic mass is 10.2. The molecule has 0 aromatic rings. The van der Waals surface area contributed by atoms with Gasteiger partial charge in [-0.25, -0.2) is 0 Å². The van der Waals surface area contributed by atoms with E-state index < -0.39 is 0 Å². The molecule has 0 fully saturated rings. The van der Waals surface area contributed by atoms with E-state index in [1.165, 1.54) is 38.9 Å². The summed E-state index contributed by atoms with van der Waals surface area (Å²) < 4.78 is 0. The van der Waals surface area contributed by atoms with Crippen LogP contribution in [0.5, 0.6) is 0 Å². The minimum absolute atomic E-state index is 0.505. The average molecular weight is 336 g/mol. The second kappa shape index (κ2) is 9.21. The molecule has 0 bridgehead atoms. The van der Waals surface area contributed by atoms with Crippen molar-refractivity contribution in [2.45, 2.75) is 52.4 Å². The Morgan fingerprint density at radius 3 is 1.54 bits per heavy atom. The van der Waals surface area contributed by atoms with Crippen LogP contribution in [0, 0.1) is 0 Å². The number of hydrogen-bond donors (Lipinski definition) is 0. The van der Waals surface area contributed by atoms with Crippen LogP contribution in [0.1, 0.15) is 40.0 Å². The second-order valence-corrected chi connectivity index (χ2v) is 7.22. The van der Waals surface area contributed by atoms with Crippen LogP contribution in [-0.2, 0) is 0 Å². The third kappa shape index (κ3) is 5.07. The highest BCUT2D eigenvalue weighted by Gasteiger charge is 2.19. The molecule has 24 heavy (non-hydrogen) atoms. The maximum Gasteiger partial charge on any atom is 0.0974 e. The van der Waals surface area contributed by atoms with E-state index in [1.54, 1.807) is 0 Å². The Morgan fingerprint density at radius 1 is 0.750 bits per heavy atom. The first-order chi connectivity index (χ1) is 11.5. The molecule has 0 N–H and O–H groups in total. The van der Waals surface area contributed by atoms with Crippen LogP contribution in [-0.4, -0.2) is 83.7 Å². The second-order valence-electron chi connectivity index (χ2n) is 7.22. The Morgan fingerprint density at radius 2 is 1.21 bits per heavy atom. The minimum Gasteiger partial charge on any atom is -0.359 e. The lowest BCUT2D eigenvalue weighted by molar-refractivity contribution is 0.170. The Kier molecular flexibility index (Phi) is 7.28. The highest BCUT2D eigenvalue weighted by Crippen LogP contribution is 2.14. The summed E-state index contributed by atoms with van der Waals surface area (Å²) in [5.41, 5.74) is 0. The van der Waals surface area contributed by atoms with Gasteiger partial charge in [0, 0.05) is 52.0 Å². The third-order valence-corrected chi connectivity index (χ3v) is 5.45.